The van der Waals surface area contributed by atoms with E-state index >= 15 is 0 Å². The van der Waals surface area contributed by atoms with Crippen molar-refractivity contribution in [3.8, 4) is 5.75 Å². The summed E-state index contributed by atoms with van der Waals surface area (Å²) in [6.07, 6.45) is 3.94. The molecular formula is C29H45NO9S4. The van der Waals surface area contributed by atoms with Gasteiger partial charge in [0, 0.05) is 35.9 Å². The van der Waals surface area contributed by atoms with Crippen molar-refractivity contribution in [1.82, 2.24) is 5.32 Å². The summed E-state index contributed by atoms with van der Waals surface area (Å²) in [5, 5.41) is 10.7. The van der Waals surface area contributed by atoms with Crippen molar-refractivity contribution < 1.29 is 43.3 Å². The molecule has 0 aliphatic heterocycles. The number of aliphatic hydroxyl groups excluding tert-OH is 1. The van der Waals surface area contributed by atoms with Crippen LogP contribution in [0.25, 0.3) is 0 Å². The van der Waals surface area contributed by atoms with E-state index in [9.17, 15) is 24.0 Å². The molecule has 0 aliphatic carbocycles. The molecule has 1 aromatic rings. The highest BCUT2D eigenvalue weighted by Crippen LogP contribution is 2.22. The maximum atomic E-state index is 12.0. The third kappa shape index (κ3) is 22.3. The minimum absolute atomic E-state index is 0.0343. The summed E-state index contributed by atoms with van der Waals surface area (Å²) in [4.78, 5) is 58.1. The Labute approximate surface area is 271 Å². The molecule has 10 nitrogen and oxygen atoms in total. The quantitative estimate of drug-likeness (QED) is 0.0490. The van der Waals surface area contributed by atoms with Crippen LogP contribution in [0.1, 0.15) is 76.6 Å². The zero-order valence-electron chi connectivity index (χ0n) is 25.4. The Balaban J connectivity index is 0.000000830. The van der Waals surface area contributed by atoms with E-state index in [0.29, 0.717) is 18.1 Å². The van der Waals surface area contributed by atoms with Gasteiger partial charge in [0.25, 0.3) is 5.91 Å². The van der Waals surface area contributed by atoms with Gasteiger partial charge in [-0.25, -0.2) is 4.79 Å². The third-order valence-electron chi connectivity index (χ3n) is 5.11. The van der Waals surface area contributed by atoms with E-state index in [1.165, 1.54) is 40.6 Å². The number of hydrogen-bond donors (Lipinski definition) is 2. The predicted octanol–water partition coefficient (Wildman–Crippen LogP) is 6.35. The van der Waals surface area contributed by atoms with E-state index in [-0.39, 0.29) is 48.6 Å². The average Bonchev–Trinajstić information content (AvgIpc) is 2.96. The number of hydrogen-bond acceptors (Lipinski definition) is 13. The zero-order chi connectivity index (χ0) is 32.3. The molecule has 1 aromatic carbocycles. The van der Waals surface area contributed by atoms with Gasteiger partial charge in [-0.1, -0.05) is 88.9 Å². The average molecular weight is 680 g/mol. The van der Waals surface area contributed by atoms with Crippen molar-refractivity contribution in [2.75, 3.05) is 42.8 Å². The Morgan fingerprint density at radius 2 is 1.40 bits per heavy atom. The number of amides is 2. The summed E-state index contributed by atoms with van der Waals surface area (Å²) < 4.78 is 14.9. The lowest BCUT2D eigenvalue weighted by Crippen LogP contribution is -2.32. The summed E-state index contributed by atoms with van der Waals surface area (Å²) in [5.74, 6) is 1.55. The lowest BCUT2D eigenvalue weighted by molar-refractivity contribution is -0.146. The molecule has 0 bridgehead atoms. The number of aliphatic hydroxyl groups is 1. The Kier molecular flexibility index (Phi) is 26.5. The fourth-order valence-corrected chi connectivity index (χ4v) is 6.87. The molecule has 0 atom stereocenters. The van der Waals surface area contributed by atoms with E-state index in [1.54, 1.807) is 33.7 Å². The first-order chi connectivity index (χ1) is 20.7. The fourth-order valence-electron chi connectivity index (χ4n) is 3.31. The van der Waals surface area contributed by atoms with E-state index < -0.39 is 18.0 Å². The molecule has 0 fully saturated rings. The lowest BCUT2D eigenvalue weighted by atomic mass is 9.92. The Hall–Kier alpha value is -1.87. The second-order valence-corrected chi connectivity index (χ2v) is 14.2. The number of Topliss-reactive ketones (excluding diaryl/α,β-unsaturated/α-hetero) is 1. The number of alkyl carbamates (subject to hydrolysis) is 1. The molecule has 0 aliphatic rings. The van der Waals surface area contributed by atoms with Crippen LogP contribution in [0.4, 0.5) is 4.79 Å². The Morgan fingerprint density at radius 1 is 0.814 bits per heavy atom. The summed E-state index contributed by atoms with van der Waals surface area (Å²) in [5.41, 5.74) is 0.0625. The molecule has 0 aromatic heterocycles. The van der Waals surface area contributed by atoms with Crippen LogP contribution >= 0.6 is 43.2 Å². The first kappa shape index (κ1) is 41.1. The molecule has 2 amide bonds. The van der Waals surface area contributed by atoms with Crippen molar-refractivity contribution in [3.63, 3.8) is 0 Å². The molecule has 0 radical (unpaired) electrons. The monoisotopic (exact) mass is 679 g/mol. The van der Waals surface area contributed by atoms with Gasteiger partial charge in [-0.2, -0.15) is 0 Å². The van der Waals surface area contributed by atoms with Gasteiger partial charge >= 0.3 is 18.0 Å². The highest BCUT2D eigenvalue weighted by atomic mass is 33.1. The number of imide groups is 1. The normalized spacial score (nSPS) is 10.4. The molecule has 43 heavy (non-hydrogen) atoms. The van der Waals surface area contributed by atoms with Gasteiger partial charge in [-0.05, 0) is 31.4 Å². The number of esters is 2. The van der Waals surface area contributed by atoms with Crippen molar-refractivity contribution in [2.45, 2.75) is 66.2 Å². The minimum atomic E-state index is -0.875. The number of rotatable bonds is 21. The lowest BCUT2D eigenvalue weighted by Gasteiger charge is -2.13. The second-order valence-electron chi connectivity index (χ2n) is 8.83. The van der Waals surface area contributed by atoms with Gasteiger partial charge in [-0.3, -0.25) is 24.5 Å². The molecular weight excluding hydrogens is 635 g/mol. The highest BCUT2D eigenvalue weighted by molar-refractivity contribution is 8.77. The number of para-hydroxylation sites is 1. The van der Waals surface area contributed by atoms with Crippen LogP contribution in [-0.4, -0.2) is 77.7 Å². The van der Waals surface area contributed by atoms with E-state index in [0.717, 1.165) is 43.6 Å². The smallest absolute Gasteiger partial charge is 0.414 e. The van der Waals surface area contributed by atoms with Gasteiger partial charge in [0.1, 0.15) is 31.2 Å². The number of nitrogens with one attached hydrogen (secondary N) is 1. The van der Waals surface area contributed by atoms with E-state index in [1.807, 2.05) is 0 Å². The van der Waals surface area contributed by atoms with E-state index in [2.05, 4.69) is 26.1 Å². The van der Waals surface area contributed by atoms with Gasteiger partial charge in [0.2, 0.25) is 0 Å². The first-order valence-corrected chi connectivity index (χ1v) is 19.2. The SMILES string of the molecule is CC(=O)Oc1ccccc1C(=O)NC(=O)OCCSSCCO.CCCSSCCOC(=O)CC(=O)C(CCC)CCC. The molecule has 2 N–H and O–H groups in total. The third-order valence-corrected chi connectivity index (χ3v) is 10.0. The van der Waals surface area contributed by atoms with Gasteiger partial charge in [0.15, 0.2) is 0 Å². The Bertz CT molecular complexity index is 960. The van der Waals surface area contributed by atoms with Crippen LogP contribution in [0.2, 0.25) is 0 Å². The molecule has 0 saturated carbocycles. The number of carbonyl (C=O) groups excluding carboxylic acids is 5. The molecule has 14 heteroatoms. The molecule has 0 saturated heterocycles. The fraction of sp³-hybridized carbons (Fsp3) is 0.621. The van der Waals surface area contributed by atoms with Crippen molar-refractivity contribution in [3.05, 3.63) is 29.8 Å². The van der Waals surface area contributed by atoms with Crippen molar-refractivity contribution in [2.24, 2.45) is 5.92 Å². The predicted molar refractivity (Wildman–Crippen MR) is 178 cm³/mol. The summed E-state index contributed by atoms with van der Waals surface area (Å²) in [6, 6.07) is 6.08. The minimum Gasteiger partial charge on any atom is -0.464 e. The van der Waals surface area contributed by atoms with Crippen LogP contribution in [0, 0.1) is 5.92 Å². The van der Waals surface area contributed by atoms with Gasteiger partial charge in [-0.15, -0.1) is 0 Å². The number of benzene rings is 1. The largest absolute Gasteiger partial charge is 0.464 e. The standard InChI is InChI=1S/C15H28O3S2.C14H17NO6S2/c1-4-7-13(8-5-2)14(16)12-15(17)18-9-11-20-19-10-6-3;1-10(17)21-12-5-3-2-4-11(12)13(18)15-14(19)20-7-9-23-22-8-6-16/h13H,4-12H2,1-3H3;2-5,16H,6-9H2,1H3,(H,15,18,19). The highest BCUT2D eigenvalue weighted by Gasteiger charge is 2.20. The summed E-state index contributed by atoms with van der Waals surface area (Å²) in [6.45, 7) is 8.12. The number of ether oxygens (including phenoxy) is 3. The topological polar surface area (TPSA) is 145 Å². The Morgan fingerprint density at radius 3 is 1.98 bits per heavy atom. The molecule has 0 unspecified atom stereocenters. The van der Waals surface area contributed by atoms with Crippen LogP contribution in [0.3, 0.4) is 0 Å². The number of ketones is 1. The van der Waals surface area contributed by atoms with Gasteiger partial charge in [0.05, 0.1) is 12.2 Å². The van der Waals surface area contributed by atoms with Gasteiger partial charge < -0.3 is 19.3 Å². The molecule has 0 spiro atoms. The zero-order valence-corrected chi connectivity index (χ0v) is 28.7. The van der Waals surface area contributed by atoms with Crippen LogP contribution < -0.4 is 10.1 Å². The van der Waals surface area contributed by atoms with E-state index in [4.69, 9.17) is 19.3 Å². The first-order valence-electron chi connectivity index (χ1n) is 14.2. The maximum Gasteiger partial charge on any atom is 0.414 e. The molecule has 1 rings (SSSR count). The molecule has 0 heterocycles. The maximum absolute atomic E-state index is 12.0. The summed E-state index contributed by atoms with van der Waals surface area (Å²) >= 11 is 0. The van der Waals surface area contributed by atoms with Crippen LogP contribution in [0.15, 0.2) is 24.3 Å². The number of carbonyl (C=O) groups is 5. The van der Waals surface area contributed by atoms with Crippen LogP contribution in [-0.2, 0) is 23.9 Å². The summed E-state index contributed by atoms with van der Waals surface area (Å²) in [7, 11) is 6.43. The van der Waals surface area contributed by atoms with Crippen molar-refractivity contribution >= 4 is 72.9 Å². The second kappa shape index (κ2) is 27.7. The van der Waals surface area contributed by atoms with Crippen LogP contribution in [0.5, 0.6) is 5.75 Å². The molecule has 244 valence electrons. The van der Waals surface area contributed by atoms with Crippen molar-refractivity contribution in [1.29, 1.82) is 0 Å².